The normalized spacial score (nSPS) is 64.9. The van der Waals surface area contributed by atoms with E-state index in [-0.39, 0.29) is 5.60 Å². The van der Waals surface area contributed by atoms with E-state index >= 15 is 0 Å². The molecular formula is C9H15NO. The van der Waals surface area contributed by atoms with Gasteiger partial charge in [-0.25, -0.2) is 0 Å². The summed E-state index contributed by atoms with van der Waals surface area (Å²) in [6.07, 6.45) is 1.30. The van der Waals surface area contributed by atoms with Gasteiger partial charge in [-0.05, 0) is 18.8 Å². The van der Waals surface area contributed by atoms with Crippen molar-refractivity contribution in [3.8, 4) is 0 Å². The van der Waals surface area contributed by atoms with Crippen molar-refractivity contribution in [3.05, 3.63) is 0 Å². The zero-order valence-electron chi connectivity index (χ0n) is 7.21. The van der Waals surface area contributed by atoms with Crippen LogP contribution in [0.15, 0.2) is 0 Å². The monoisotopic (exact) mass is 153 g/mol. The Kier molecular flexibility index (Phi) is 0.961. The molecule has 1 saturated carbocycles. The standard InChI is InChI=1S/C9H15NO/c1-3-7-8-6-4-10(5-6)11-9(7,8)2/h6-8H,3-5H2,1-2H3. The highest BCUT2D eigenvalue weighted by molar-refractivity contribution is 5.17. The molecule has 4 aliphatic rings. The second kappa shape index (κ2) is 1.64. The maximum atomic E-state index is 5.85. The third-order valence-electron chi connectivity index (χ3n) is 3.87. The molecule has 3 unspecified atom stereocenters. The van der Waals surface area contributed by atoms with Gasteiger partial charge in [0.05, 0.1) is 5.60 Å². The van der Waals surface area contributed by atoms with E-state index < -0.39 is 0 Å². The van der Waals surface area contributed by atoms with Gasteiger partial charge in [-0.15, -0.1) is 0 Å². The Morgan fingerprint density at radius 2 is 2.27 bits per heavy atom. The Morgan fingerprint density at radius 1 is 1.55 bits per heavy atom. The highest BCUT2D eigenvalue weighted by Crippen LogP contribution is 2.64. The lowest BCUT2D eigenvalue weighted by Crippen LogP contribution is -2.55. The molecule has 11 heavy (non-hydrogen) atoms. The predicted octanol–water partition coefficient (Wildman–Crippen LogP) is 1.28. The highest BCUT2D eigenvalue weighted by Gasteiger charge is 2.71. The average molecular weight is 153 g/mol. The van der Waals surface area contributed by atoms with Crippen LogP contribution in [0.3, 0.4) is 0 Å². The van der Waals surface area contributed by atoms with Gasteiger partial charge in [0.1, 0.15) is 0 Å². The topological polar surface area (TPSA) is 12.5 Å². The lowest BCUT2D eigenvalue weighted by Gasteiger charge is -2.45. The molecule has 0 aromatic carbocycles. The summed E-state index contributed by atoms with van der Waals surface area (Å²) in [5.41, 5.74) is 0.260. The van der Waals surface area contributed by atoms with Crippen LogP contribution in [0.1, 0.15) is 20.3 Å². The van der Waals surface area contributed by atoms with Crippen molar-refractivity contribution in [2.24, 2.45) is 17.8 Å². The second-order valence-corrected chi connectivity index (χ2v) is 4.42. The quantitative estimate of drug-likeness (QED) is 0.562. The van der Waals surface area contributed by atoms with Gasteiger partial charge in [-0.1, -0.05) is 13.3 Å². The van der Waals surface area contributed by atoms with E-state index in [2.05, 4.69) is 18.9 Å². The maximum Gasteiger partial charge on any atom is 0.0938 e. The summed E-state index contributed by atoms with van der Waals surface area (Å²) >= 11 is 0. The minimum Gasteiger partial charge on any atom is -0.292 e. The van der Waals surface area contributed by atoms with Crippen molar-refractivity contribution in [1.29, 1.82) is 0 Å². The fourth-order valence-electron chi connectivity index (χ4n) is 3.24. The molecule has 4 rings (SSSR count). The molecule has 2 nitrogen and oxygen atoms in total. The van der Waals surface area contributed by atoms with Crippen molar-refractivity contribution in [2.45, 2.75) is 25.9 Å². The largest absolute Gasteiger partial charge is 0.292 e. The first kappa shape index (κ1) is 6.44. The summed E-state index contributed by atoms with van der Waals surface area (Å²) in [7, 11) is 0. The molecule has 1 aliphatic carbocycles. The van der Waals surface area contributed by atoms with E-state index in [1.165, 1.54) is 19.5 Å². The van der Waals surface area contributed by atoms with Crippen LogP contribution in [-0.2, 0) is 4.84 Å². The van der Waals surface area contributed by atoms with Crippen LogP contribution in [0.4, 0.5) is 0 Å². The van der Waals surface area contributed by atoms with Crippen LogP contribution >= 0.6 is 0 Å². The van der Waals surface area contributed by atoms with Gasteiger partial charge in [-0.3, -0.25) is 4.84 Å². The molecule has 4 fully saturated rings. The Morgan fingerprint density at radius 3 is 2.73 bits per heavy atom. The van der Waals surface area contributed by atoms with E-state index in [0.717, 1.165) is 17.8 Å². The zero-order valence-corrected chi connectivity index (χ0v) is 7.21. The SMILES string of the molecule is CCC1C2C3CN(C3)OC12C. The van der Waals surface area contributed by atoms with Gasteiger partial charge in [0, 0.05) is 19.0 Å². The fourth-order valence-corrected chi connectivity index (χ4v) is 3.24. The van der Waals surface area contributed by atoms with Crippen molar-refractivity contribution in [2.75, 3.05) is 13.1 Å². The molecule has 0 aromatic heterocycles. The molecule has 0 amide bonds. The molecule has 0 spiro atoms. The molecule has 3 atom stereocenters. The number of hydroxylamine groups is 2. The number of nitrogens with zero attached hydrogens (tertiary/aromatic N) is 1. The van der Waals surface area contributed by atoms with Crippen molar-refractivity contribution >= 4 is 0 Å². The fraction of sp³-hybridized carbons (Fsp3) is 1.00. The first-order chi connectivity index (χ1) is 5.25. The van der Waals surface area contributed by atoms with Gasteiger partial charge < -0.3 is 0 Å². The van der Waals surface area contributed by atoms with E-state index in [0.29, 0.717) is 0 Å². The molecular weight excluding hydrogens is 138 g/mol. The summed E-state index contributed by atoms with van der Waals surface area (Å²) in [5, 5.41) is 2.14. The Balaban J connectivity index is 1.86. The van der Waals surface area contributed by atoms with E-state index in [1.807, 2.05) is 0 Å². The summed E-state index contributed by atoms with van der Waals surface area (Å²) in [6.45, 7) is 6.97. The first-order valence-electron chi connectivity index (χ1n) is 4.70. The lowest BCUT2D eigenvalue weighted by molar-refractivity contribution is -0.299. The lowest BCUT2D eigenvalue weighted by atomic mass is 9.92. The van der Waals surface area contributed by atoms with Gasteiger partial charge >= 0.3 is 0 Å². The summed E-state index contributed by atoms with van der Waals surface area (Å²) < 4.78 is 0. The van der Waals surface area contributed by atoms with Crippen molar-refractivity contribution < 1.29 is 4.84 Å². The number of hydrogen-bond donors (Lipinski definition) is 0. The molecule has 2 bridgehead atoms. The molecule has 3 saturated heterocycles. The van der Waals surface area contributed by atoms with Gasteiger partial charge in [0.2, 0.25) is 0 Å². The Labute approximate surface area is 67.5 Å². The third kappa shape index (κ3) is 0.574. The highest BCUT2D eigenvalue weighted by atomic mass is 16.7. The molecule has 0 N–H and O–H groups in total. The smallest absolute Gasteiger partial charge is 0.0938 e. The van der Waals surface area contributed by atoms with Crippen molar-refractivity contribution in [1.82, 2.24) is 5.06 Å². The van der Waals surface area contributed by atoms with E-state index in [1.54, 1.807) is 0 Å². The number of rotatable bonds is 1. The van der Waals surface area contributed by atoms with Crippen LogP contribution in [0.2, 0.25) is 0 Å². The van der Waals surface area contributed by atoms with E-state index in [9.17, 15) is 0 Å². The third-order valence-corrected chi connectivity index (χ3v) is 3.87. The van der Waals surface area contributed by atoms with Crippen LogP contribution in [0.5, 0.6) is 0 Å². The molecule has 2 heteroatoms. The van der Waals surface area contributed by atoms with E-state index in [4.69, 9.17) is 4.84 Å². The summed E-state index contributed by atoms with van der Waals surface area (Å²) in [4.78, 5) is 5.85. The molecule has 3 heterocycles. The molecule has 3 aliphatic heterocycles. The Bertz CT molecular complexity index is 200. The number of hydrogen-bond acceptors (Lipinski definition) is 2. The zero-order chi connectivity index (χ0) is 7.64. The van der Waals surface area contributed by atoms with Gasteiger partial charge in [-0.2, -0.15) is 5.06 Å². The van der Waals surface area contributed by atoms with Gasteiger partial charge in [0.15, 0.2) is 0 Å². The average Bonchev–Trinajstić information content (AvgIpc) is 2.51. The molecule has 0 radical (unpaired) electrons. The van der Waals surface area contributed by atoms with Crippen LogP contribution in [0.25, 0.3) is 0 Å². The molecule has 0 aromatic rings. The van der Waals surface area contributed by atoms with Crippen LogP contribution in [-0.4, -0.2) is 23.8 Å². The second-order valence-electron chi connectivity index (χ2n) is 4.42. The first-order valence-corrected chi connectivity index (χ1v) is 4.70. The van der Waals surface area contributed by atoms with Crippen LogP contribution in [0, 0.1) is 17.8 Å². The van der Waals surface area contributed by atoms with Crippen molar-refractivity contribution in [3.63, 3.8) is 0 Å². The minimum atomic E-state index is 0.260. The van der Waals surface area contributed by atoms with Gasteiger partial charge in [0.25, 0.3) is 0 Å². The maximum absolute atomic E-state index is 5.85. The predicted molar refractivity (Wildman–Crippen MR) is 41.8 cm³/mol. The Hall–Kier alpha value is -0.0800. The summed E-state index contributed by atoms with van der Waals surface area (Å²) in [5.74, 6) is 2.73. The minimum absolute atomic E-state index is 0.260. The summed E-state index contributed by atoms with van der Waals surface area (Å²) in [6, 6.07) is 0. The molecule has 62 valence electrons. The van der Waals surface area contributed by atoms with Crippen LogP contribution < -0.4 is 0 Å².